The molecule has 2 aliphatic heterocycles. The Labute approximate surface area is 139 Å². The first kappa shape index (κ1) is 13.6. The van der Waals surface area contributed by atoms with Crippen LogP contribution in [-0.4, -0.2) is 10.8 Å². The van der Waals surface area contributed by atoms with E-state index in [9.17, 15) is 5.11 Å². The molecule has 0 fully saturated rings. The first-order valence-corrected chi connectivity index (χ1v) is 8.05. The van der Waals surface area contributed by atoms with Gasteiger partial charge in [-0.05, 0) is 23.8 Å². The predicted molar refractivity (Wildman–Crippen MR) is 91.9 cm³/mol. The Morgan fingerprint density at radius 1 is 1.00 bits per heavy atom. The molecule has 0 saturated heterocycles. The molecule has 3 heterocycles. The highest BCUT2D eigenvalue weighted by atomic mass is 16.3. The average Bonchev–Trinajstić information content (AvgIpc) is 3.33. The van der Waals surface area contributed by atoms with Crippen LogP contribution in [-0.2, 0) is 5.54 Å². The van der Waals surface area contributed by atoms with Gasteiger partial charge in [-0.25, -0.2) is 0 Å². The second-order valence-electron chi connectivity index (χ2n) is 6.26. The molecule has 2 aromatic carbocycles. The van der Waals surface area contributed by atoms with Gasteiger partial charge in [-0.2, -0.15) is 5.10 Å². The van der Waals surface area contributed by atoms with Gasteiger partial charge in [0.1, 0.15) is 23.1 Å². The Balaban J connectivity index is 1.73. The number of para-hydroxylation sites is 1. The lowest BCUT2D eigenvalue weighted by Crippen LogP contribution is -2.40. The lowest BCUT2D eigenvalue weighted by molar-refractivity contribution is 0.0994. The van der Waals surface area contributed by atoms with E-state index >= 15 is 0 Å². The van der Waals surface area contributed by atoms with E-state index in [-0.39, 0.29) is 0 Å². The molecule has 4 nitrogen and oxygen atoms in total. The maximum absolute atomic E-state index is 11.2. The number of benzene rings is 2. The molecule has 0 bridgehead atoms. The van der Waals surface area contributed by atoms with Crippen molar-refractivity contribution >= 4 is 11.4 Å². The van der Waals surface area contributed by atoms with Crippen molar-refractivity contribution in [1.29, 1.82) is 0 Å². The van der Waals surface area contributed by atoms with Gasteiger partial charge in [-0.3, -0.25) is 5.01 Å². The molecule has 0 saturated carbocycles. The van der Waals surface area contributed by atoms with Gasteiger partial charge in [-0.15, -0.1) is 0 Å². The van der Waals surface area contributed by atoms with E-state index in [4.69, 9.17) is 9.52 Å². The number of anilines is 1. The Bertz CT molecular complexity index is 918. The Hall–Kier alpha value is -2.85. The van der Waals surface area contributed by atoms with Crippen molar-refractivity contribution in [3.63, 3.8) is 0 Å². The van der Waals surface area contributed by atoms with Gasteiger partial charge in [0.2, 0.25) is 0 Å². The van der Waals surface area contributed by atoms with E-state index in [1.54, 1.807) is 6.26 Å². The molecule has 1 N–H and O–H groups in total. The highest BCUT2D eigenvalue weighted by Crippen LogP contribution is 2.56. The van der Waals surface area contributed by atoms with E-state index in [0.717, 1.165) is 28.3 Å². The molecule has 3 aromatic rings. The normalized spacial score (nSPS) is 24.6. The molecule has 4 heteroatoms. The van der Waals surface area contributed by atoms with Gasteiger partial charge in [0.05, 0.1) is 12.0 Å². The summed E-state index contributed by atoms with van der Waals surface area (Å²) < 4.78 is 5.55. The minimum Gasteiger partial charge on any atom is -0.463 e. The number of aliphatic hydroxyl groups is 1. The predicted octanol–water partition coefficient (Wildman–Crippen LogP) is 3.84. The molecule has 0 spiro atoms. The zero-order chi connectivity index (χ0) is 16.1. The van der Waals surface area contributed by atoms with E-state index < -0.39 is 11.6 Å². The van der Waals surface area contributed by atoms with Crippen LogP contribution in [0.4, 0.5) is 5.69 Å². The van der Waals surface area contributed by atoms with Crippen molar-refractivity contribution in [2.75, 3.05) is 5.01 Å². The van der Waals surface area contributed by atoms with Gasteiger partial charge in [0.25, 0.3) is 0 Å². The molecule has 5 rings (SSSR count). The molecule has 24 heavy (non-hydrogen) atoms. The largest absolute Gasteiger partial charge is 0.463 e. The molecule has 0 radical (unpaired) electrons. The molecule has 2 atom stereocenters. The van der Waals surface area contributed by atoms with Crippen LogP contribution in [0.3, 0.4) is 0 Å². The van der Waals surface area contributed by atoms with E-state index in [1.807, 2.05) is 59.6 Å². The molecule has 118 valence electrons. The van der Waals surface area contributed by atoms with Crippen LogP contribution in [0.25, 0.3) is 0 Å². The van der Waals surface area contributed by atoms with Crippen molar-refractivity contribution < 1.29 is 9.52 Å². The molecule has 1 aromatic heterocycles. The maximum atomic E-state index is 11.2. The molecule has 0 amide bonds. The monoisotopic (exact) mass is 316 g/mol. The fourth-order valence-electron chi connectivity index (χ4n) is 3.91. The SMILES string of the molecule is OC1c2ccccc2N2N=C(c3ccco3)CC12c1ccccc1. The number of furan rings is 1. The van der Waals surface area contributed by atoms with Gasteiger partial charge in [-0.1, -0.05) is 48.5 Å². The number of hydrogen-bond donors (Lipinski definition) is 1. The summed E-state index contributed by atoms with van der Waals surface area (Å²) in [6, 6.07) is 21.8. The van der Waals surface area contributed by atoms with Crippen molar-refractivity contribution in [2.24, 2.45) is 5.10 Å². The highest BCUT2D eigenvalue weighted by Gasteiger charge is 2.56. The van der Waals surface area contributed by atoms with Crippen LogP contribution < -0.4 is 5.01 Å². The van der Waals surface area contributed by atoms with Crippen LogP contribution in [0.1, 0.15) is 29.4 Å². The number of aliphatic hydroxyl groups excluding tert-OH is 1. The first-order chi connectivity index (χ1) is 11.8. The highest BCUT2D eigenvalue weighted by molar-refractivity contribution is 6.02. The summed E-state index contributed by atoms with van der Waals surface area (Å²) in [7, 11) is 0. The minimum absolute atomic E-state index is 0.598. The van der Waals surface area contributed by atoms with Crippen LogP contribution in [0, 0.1) is 0 Å². The van der Waals surface area contributed by atoms with Crippen molar-refractivity contribution in [3.8, 4) is 0 Å². The third-order valence-corrected chi connectivity index (χ3v) is 5.03. The van der Waals surface area contributed by atoms with Crippen molar-refractivity contribution in [2.45, 2.75) is 18.1 Å². The standard InChI is InChI=1S/C20H16N2O2/c23-19-15-9-4-5-10-17(15)22-20(19,14-7-2-1-3-8-14)13-16(21-22)18-11-6-12-24-18/h1-12,19,23H,13H2. The van der Waals surface area contributed by atoms with Crippen LogP contribution >= 0.6 is 0 Å². The zero-order valence-corrected chi connectivity index (χ0v) is 13.0. The molecular weight excluding hydrogens is 300 g/mol. The summed E-state index contributed by atoms with van der Waals surface area (Å²) >= 11 is 0. The number of hydrazone groups is 1. The van der Waals surface area contributed by atoms with Gasteiger partial charge < -0.3 is 9.52 Å². The quantitative estimate of drug-likeness (QED) is 0.781. The fourth-order valence-corrected chi connectivity index (χ4v) is 3.91. The summed E-state index contributed by atoms with van der Waals surface area (Å²) in [5, 5.41) is 18.0. The number of rotatable bonds is 2. The summed E-state index contributed by atoms with van der Waals surface area (Å²) in [4.78, 5) is 0. The van der Waals surface area contributed by atoms with Crippen molar-refractivity contribution in [3.05, 3.63) is 89.9 Å². The second-order valence-corrected chi connectivity index (χ2v) is 6.26. The van der Waals surface area contributed by atoms with E-state index in [1.165, 1.54) is 0 Å². The Morgan fingerprint density at radius 3 is 2.58 bits per heavy atom. The lowest BCUT2D eigenvalue weighted by Gasteiger charge is -2.34. The third-order valence-electron chi connectivity index (χ3n) is 5.03. The van der Waals surface area contributed by atoms with E-state index in [2.05, 4.69) is 12.1 Å². The van der Waals surface area contributed by atoms with Crippen LogP contribution in [0.5, 0.6) is 0 Å². The molecule has 2 unspecified atom stereocenters. The Morgan fingerprint density at radius 2 is 1.79 bits per heavy atom. The summed E-state index contributed by atoms with van der Waals surface area (Å²) in [5.74, 6) is 0.754. The first-order valence-electron chi connectivity index (χ1n) is 8.05. The van der Waals surface area contributed by atoms with E-state index in [0.29, 0.717) is 6.42 Å². The summed E-state index contributed by atoms with van der Waals surface area (Å²) in [6.45, 7) is 0. The zero-order valence-electron chi connectivity index (χ0n) is 13.0. The minimum atomic E-state index is -0.646. The Kier molecular flexibility index (Phi) is 2.73. The lowest BCUT2D eigenvalue weighted by atomic mass is 9.80. The summed E-state index contributed by atoms with van der Waals surface area (Å²) in [5.41, 5.74) is 3.17. The molecule has 2 aliphatic rings. The van der Waals surface area contributed by atoms with Crippen molar-refractivity contribution in [1.82, 2.24) is 0 Å². The van der Waals surface area contributed by atoms with Gasteiger partial charge in [0.15, 0.2) is 0 Å². The molecule has 0 aliphatic carbocycles. The maximum Gasteiger partial charge on any atom is 0.149 e. The van der Waals surface area contributed by atoms with Gasteiger partial charge >= 0.3 is 0 Å². The smallest absolute Gasteiger partial charge is 0.149 e. The van der Waals surface area contributed by atoms with Crippen LogP contribution in [0.2, 0.25) is 0 Å². The third kappa shape index (κ3) is 1.63. The topological polar surface area (TPSA) is 49.0 Å². The number of nitrogens with zero attached hydrogens (tertiary/aromatic N) is 2. The second kappa shape index (κ2) is 4.82. The number of fused-ring (bicyclic) bond motifs is 3. The average molecular weight is 316 g/mol. The van der Waals surface area contributed by atoms with Gasteiger partial charge in [0, 0.05) is 12.0 Å². The molecular formula is C20H16N2O2. The summed E-state index contributed by atoms with van der Waals surface area (Å²) in [6.07, 6.45) is 1.61. The van der Waals surface area contributed by atoms with Crippen LogP contribution in [0.15, 0.2) is 82.5 Å². The fraction of sp³-hybridized carbons (Fsp3) is 0.150. The number of hydrogen-bond acceptors (Lipinski definition) is 4.